The monoisotopic (exact) mass is 345 g/mol. The van der Waals surface area contributed by atoms with E-state index in [4.69, 9.17) is 5.73 Å². The molecule has 0 saturated carbocycles. The van der Waals surface area contributed by atoms with Gasteiger partial charge in [-0.2, -0.15) is 0 Å². The fraction of sp³-hybridized carbons (Fsp3) is 0.467. The SMILES string of the molecule is C=C(C1(C(=C)S(=O)(=O)CC)C=C(C)C=CC1N)S(=O)(=O)CC. The summed E-state index contributed by atoms with van der Waals surface area (Å²) in [5.41, 5.74) is 5.27. The van der Waals surface area contributed by atoms with Gasteiger partial charge >= 0.3 is 0 Å². The van der Waals surface area contributed by atoms with Gasteiger partial charge in [-0.3, -0.25) is 0 Å². The van der Waals surface area contributed by atoms with Crippen LogP contribution in [0.25, 0.3) is 0 Å². The fourth-order valence-electron chi connectivity index (χ4n) is 2.46. The Morgan fingerprint density at radius 1 is 1.14 bits per heavy atom. The van der Waals surface area contributed by atoms with Crippen LogP contribution < -0.4 is 5.73 Å². The number of hydrogen-bond acceptors (Lipinski definition) is 5. The van der Waals surface area contributed by atoms with Crippen LogP contribution >= 0.6 is 0 Å². The highest BCUT2D eigenvalue weighted by Crippen LogP contribution is 2.46. The molecule has 5 nitrogen and oxygen atoms in total. The molecule has 0 fully saturated rings. The van der Waals surface area contributed by atoms with Gasteiger partial charge in [0.1, 0.15) is 0 Å². The first kappa shape index (κ1) is 18.9. The molecule has 0 heterocycles. The number of allylic oxidation sites excluding steroid dienone is 2. The molecular formula is C15H23NO4S2. The predicted molar refractivity (Wildman–Crippen MR) is 90.5 cm³/mol. The summed E-state index contributed by atoms with van der Waals surface area (Å²) in [5, 5.41) is 0. The zero-order chi connectivity index (χ0) is 17.3. The Hall–Kier alpha value is -1.18. The second kappa shape index (κ2) is 6.14. The predicted octanol–water partition coefficient (Wildman–Crippen LogP) is 1.71. The van der Waals surface area contributed by atoms with Gasteiger partial charge in [0.25, 0.3) is 0 Å². The number of nitrogens with two attached hydrogens (primary N) is 1. The highest BCUT2D eigenvalue weighted by atomic mass is 32.2. The van der Waals surface area contributed by atoms with E-state index >= 15 is 0 Å². The van der Waals surface area contributed by atoms with Gasteiger partial charge in [-0.1, -0.05) is 50.8 Å². The highest BCUT2D eigenvalue weighted by molar-refractivity contribution is 7.96. The van der Waals surface area contributed by atoms with Crippen LogP contribution in [0.3, 0.4) is 0 Å². The van der Waals surface area contributed by atoms with E-state index < -0.39 is 31.1 Å². The van der Waals surface area contributed by atoms with Gasteiger partial charge in [0.05, 0.1) is 26.7 Å². The zero-order valence-corrected chi connectivity index (χ0v) is 14.8. The van der Waals surface area contributed by atoms with Gasteiger partial charge in [0.15, 0.2) is 19.7 Å². The molecule has 7 heteroatoms. The molecule has 1 unspecified atom stereocenters. The molecule has 0 spiro atoms. The van der Waals surface area contributed by atoms with Gasteiger partial charge in [0.2, 0.25) is 0 Å². The Kier molecular flexibility index (Phi) is 5.26. The minimum Gasteiger partial charge on any atom is -0.323 e. The Labute approximate surface area is 133 Å². The maximum Gasteiger partial charge on any atom is 0.175 e. The van der Waals surface area contributed by atoms with Gasteiger partial charge in [-0.15, -0.1) is 0 Å². The van der Waals surface area contributed by atoms with Crippen LogP contribution in [0.15, 0.2) is 46.8 Å². The Bertz CT molecular complexity index is 709. The molecule has 124 valence electrons. The molecule has 1 atom stereocenters. The van der Waals surface area contributed by atoms with E-state index in [-0.39, 0.29) is 21.3 Å². The Morgan fingerprint density at radius 3 is 1.91 bits per heavy atom. The molecule has 0 bridgehead atoms. The van der Waals surface area contributed by atoms with E-state index in [1.165, 1.54) is 13.8 Å². The molecule has 0 aromatic carbocycles. The standard InChI is InChI=1S/C15H23NO4S2/c1-6-21(17,18)12(4)15(13(5)22(19,20)7-2)10-11(3)8-9-14(15)16/h8-10,14H,4-7,16H2,1-3H3. The minimum absolute atomic E-state index is 0.184. The first-order valence-electron chi connectivity index (χ1n) is 6.93. The van der Waals surface area contributed by atoms with Crippen molar-refractivity contribution in [2.75, 3.05) is 11.5 Å². The lowest BCUT2D eigenvalue weighted by molar-refractivity contribution is 0.497. The molecule has 1 aliphatic rings. The van der Waals surface area contributed by atoms with Crippen molar-refractivity contribution < 1.29 is 16.8 Å². The van der Waals surface area contributed by atoms with Gasteiger partial charge in [-0.25, -0.2) is 16.8 Å². The molecule has 0 saturated heterocycles. The summed E-state index contributed by atoms with van der Waals surface area (Å²) in [6.45, 7) is 12.1. The highest BCUT2D eigenvalue weighted by Gasteiger charge is 2.48. The summed E-state index contributed by atoms with van der Waals surface area (Å²) in [6.07, 6.45) is 4.85. The van der Waals surface area contributed by atoms with Crippen molar-refractivity contribution in [3.05, 3.63) is 46.8 Å². The molecule has 0 radical (unpaired) electrons. The van der Waals surface area contributed by atoms with Crippen molar-refractivity contribution in [2.24, 2.45) is 11.1 Å². The van der Waals surface area contributed by atoms with Gasteiger partial charge in [0, 0.05) is 6.04 Å². The van der Waals surface area contributed by atoms with Gasteiger partial charge < -0.3 is 5.73 Å². The normalized spacial score (nSPS) is 21.3. The van der Waals surface area contributed by atoms with Crippen molar-refractivity contribution in [1.29, 1.82) is 0 Å². The van der Waals surface area contributed by atoms with Crippen molar-refractivity contribution >= 4 is 19.7 Å². The molecule has 0 amide bonds. The molecule has 1 aliphatic carbocycles. The molecular weight excluding hydrogens is 322 g/mol. The van der Waals surface area contributed by atoms with Crippen LogP contribution in [0.5, 0.6) is 0 Å². The summed E-state index contributed by atoms with van der Waals surface area (Å²) in [4.78, 5) is -0.443. The van der Waals surface area contributed by atoms with E-state index in [1.807, 2.05) is 0 Å². The first-order valence-corrected chi connectivity index (χ1v) is 10.2. The fourth-order valence-corrected chi connectivity index (χ4v) is 4.89. The third kappa shape index (κ3) is 2.98. The summed E-state index contributed by atoms with van der Waals surface area (Å²) in [7, 11) is -7.41. The number of sulfone groups is 2. The minimum atomic E-state index is -3.70. The molecule has 0 aromatic heterocycles. The lowest BCUT2D eigenvalue weighted by Gasteiger charge is -2.39. The third-order valence-corrected chi connectivity index (χ3v) is 7.68. The third-order valence-electron chi connectivity index (χ3n) is 3.98. The lowest BCUT2D eigenvalue weighted by Crippen LogP contribution is -2.47. The van der Waals surface area contributed by atoms with E-state index in [0.29, 0.717) is 5.57 Å². The maximum absolute atomic E-state index is 12.3. The summed E-state index contributed by atoms with van der Waals surface area (Å²) >= 11 is 0. The lowest BCUT2D eigenvalue weighted by atomic mass is 9.75. The van der Waals surface area contributed by atoms with Crippen LogP contribution in [0.2, 0.25) is 0 Å². The first-order chi connectivity index (χ1) is 9.95. The average Bonchev–Trinajstić information content (AvgIpc) is 2.48. The van der Waals surface area contributed by atoms with Crippen molar-refractivity contribution in [3.63, 3.8) is 0 Å². The van der Waals surface area contributed by atoms with Crippen molar-refractivity contribution in [2.45, 2.75) is 26.8 Å². The van der Waals surface area contributed by atoms with Crippen LogP contribution in [0, 0.1) is 5.41 Å². The molecule has 2 N–H and O–H groups in total. The van der Waals surface area contributed by atoms with Crippen LogP contribution in [-0.4, -0.2) is 34.4 Å². The summed E-state index contributed by atoms with van der Waals surface area (Å²) in [5.74, 6) is -0.368. The van der Waals surface area contributed by atoms with Gasteiger partial charge in [-0.05, 0) is 6.92 Å². The quantitative estimate of drug-likeness (QED) is 0.791. The number of rotatable bonds is 6. The van der Waals surface area contributed by atoms with E-state index in [2.05, 4.69) is 13.2 Å². The van der Waals surface area contributed by atoms with Crippen molar-refractivity contribution in [3.8, 4) is 0 Å². The number of hydrogen-bond donors (Lipinski definition) is 1. The van der Waals surface area contributed by atoms with Crippen molar-refractivity contribution in [1.82, 2.24) is 0 Å². The van der Waals surface area contributed by atoms with E-state index in [0.717, 1.165) is 0 Å². The second-order valence-corrected chi connectivity index (χ2v) is 9.89. The zero-order valence-electron chi connectivity index (χ0n) is 13.2. The maximum atomic E-state index is 12.3. The molecule has 0 aromatic rings. The average molecular weight is 345 g/mol. The second-order valence-electron chi connectivity index (χ2n) is 5.30. The smallest absolute Gasteiger partial charge is 0.175 e. The molecule has 22 heavy (non-hydrogen) atoms. The van der Waals surface area contributed by atoms with Crippen LogP contribution in [-0.2, 0) is 19.7 Å². The Balaban J connectivity index is 3.73. The summed E-state index contributed by atoms with van der Waals surface area (Å²) in [6, 6.07) is -0.862. The van der Waals surface area contributed by atoms with E-state index in [1.54, 1.807) is 25.2 Å². The Morgan fingerprint density at radius 2 is 1.55 bits per heavy atom. The molecule has 0 aliphatic heterocycles. The topological polar surface area (TPSA) is 94.3 Å². The van der Waals surface area contributed by atoms with Crippen LogP contribution in [0.4, 0.5) is 0 Å². The largest absolute Gasteiger partial charge is 0.323 e. The van der Waals surface area contributed by atoms with Crippen LogP contribution in [0.1, 0.15) is 20.8 Å². The van der Waals surface area contributed by atoms with E-state index in [9.17, 15) is 16.8 Å². The summed E-state index contributed by atoms with van der Waals surface area (Å²) < 4.78 is 49.3. The molecule has 1 rings (SSSR count).